The first-order valence-corrected chi connectivity index (χ1v) is 8.56. The van der Waals surface area contributed by atoms with Crippen molar-refractivity contribution in [2.24, 2.45) is 7.05 Å². The topological polar surface area (TPSA) is 51.9 Å². The van der Waals surface area contributed by atoms with E-state index in [0.717, 1.165) is 29.8 Å². The molecule has 1 aromatic carbocycles. The lowest BCUT2D eigenvalue weighted by Crippen LogP contribution is -2.24. The molecule has 0 unspecified atom stereocenters. The summed E-state index contributed by atoms with van der Waals surface area (Å²) in [4.78, 5) is 16.6. The van der Waals surface area contributed by atoms with E-state index in [-0.39, 0.29) is 5.56 Å². The van der Waals surface area contributed by atoms with E-state index in [9.17, 15) is 4.79 Å². The maximum Gasteiger partial charge on any atom is 0.293 e. The second-order valence-electron chi connectivity index (χ2n) is 6.32. The number of nitrogens with one attached hydrogen (secondary N) is 1. The van der Waals surface area contributed by atoms with Crippen LogP contribution >= 0.6 is 11.6 Å². The molecule has 0 radical (unpaired) electrons. The van der Waals surface area contributed by atoms with Gasteiger partial charge in [0.2, 0.25) is 0 Å². The molecule has 0 aliphatic heterocycles. The standard InChI is InChI=1S/C18H19ClN4O/c1-22-11-12(15-5-2-13(19)10-16(15)22)6-7-20-17-18(24)23(9-8-21-17)14-3-4-14/h2,5,8-11,14H,3-4,6-7H2,1H3,(H,20,21). The summed E-state index contributed by atoms with van der Waals surface area (Å²) in [5.74, 6) is 0.438. The van der Waals surface area contributed by atoms with Crippen molar-refractivity contribution >= 4 is 28.3 Å². The van der Waals surface area contributed by atoms with Crippen LogP contribution in [-0.4, -0.2) is 20.7 Å². The first-order chi connectivity index (χ1) is 11.6. The van der Waals surface area contributed by atoms with Crippen molar-refractivity contribution in [3.8, 4) is 0 Å². The molecule has 2 aromatic heterocycles. The molecule has 4 rings (SSSR count). The van der Waals surface area contributed by atoms with Gasteiger partial charge in [0.1, 0.15) is 0 Å². The molecule has 1 aliphatic carbocycles. The van der Waals surface area contributed by atoms with Gasteiger partial charge in [0.25, 0.3) is 5.56 Å². The van der Waals surface area contributed by atoms with Crippen LogP contribution in [0, 0.1) is 0 Å². The molecule has 24 heavy (non-hydrogen) atoms. The minimum absolute atomic E-state index is 0.0234. The molecule has 0 spiro atoms. The Morgan fingerprint density at radius 2 is 2.21 bits per heavy atom. The minimum Gasteiger partial charge on any atom is -0.365 e. The lowest BCUT2D eigenvalue weighted by atomic mass is 10.1. The van der Waals surface area contributed by atoms with Gasteiger partial charge in [-0.15, -0.1) is 0 Å². The fourth-order valence-electron chi connectivity index (χ4n) is 3.14. The van der Waals surface area contributed by atoms with Crippen molar-refractivity contribution in [3.05, 3.63) is 57.7 Å². The predicted molar refractivity (Wildman–Crippen MR) is 96.9 cm³/mol. The van der Waals surface area contributed by atoms with E-state index < -0.39 is 0 Å². The van der Waals surface area contributed by atoms with Gasteiger partial charge < -0.3 is 14.5 Å². The quantitative estimate of drug-likeness (QED) is 0.773. The van der Waals surface area contributed by atoms with Crippen LogP contribution in [-0.2, 0) is 13.5 Å². The second kappa shape index (κ2) is 5.98. The zero-order valence-electron chi connectivity index (χ0n) is 13.5. The third-order valence-electron chi connectivity index (χ3n) is 4.53. The molecule has 0 saturated heterocycles. The monoisotopic (exact) mass is 342 g/mol. The lowest BCUT2D eigenvalue weighted by molar-refractivity contribution is 0.699. The smallest absolute Gasteiger partial charge is 0.293 e. The van der Waals surface area contributed by atoms with Gasteiger partial charge in [-0.25, -0.2) is 4.98 Å². The molecule has 1 fully saturated rings. The van der Waals surface area contributed by atoms with Crippen LogP contribution in [0.25, 0.3) is 10.9 Å². The normalized spacial score (nSPS) is 14.2. The summed E-state index contributed by atoms with van der Waals surface area (Å²) in [5, 5.41) is 5.12. The average Bonchev–Trinajstić information content (AvgIpc) is 3.35. The number of hydrogen-bond acceptors (Lipinski definition) is 3. The van der Waals surface area contributed by atoms with E-state index in [4.69, 9.17) is 11.6 Å². The van der Waals surface area contributed by atoms with Gasteiger partial charge in [-0.05, 0) is 37.0 Å². The Labute approximate surface area is 144 Å². The van der Waals surface area contributed by atoms with Gasteiger partial charge in [0.05, 0.1) is 0 Å². The Kier molecular flexibility index (Phi) is 3.81. The number of fused-ring (bicyclic) bond motifs is 1. The molecule has 5 nitrogen and oxygen atoms in total. The van der Waals surface area contributed by atoms with E-state index in [1.54, 1.807) is 17.0 Å². The Morgan fingerprint density at radius 3 is 3.00 bits per heavy atom. The molecule has 3 aromatic rings. The molecule has 6 heteroatoms. The first-order valence-electron chi connectivity index (χ1n) is 8.18. The van der Waals surface area contributed by atoms with Gasteiger partial charge in [0.15, 0.2) is 5.82 Å². The molecule has 0 amide bonds. The van der Waals surface area contributed by atoms with E-state index in [2.05, 4.69) is 21.1 Å². The largest absolute Gasteiger partial charge is 0.365 e. The van der Waals surface area contributed by atoms with E-state index >= 15 is 0 Å². The van der Waals surface area contributed by atoms with Crippen molar-refractivity contribution in [3.63, 3.8) is 0 Å². The number of nitrogens with zero attached hydrogens (tertiary/aromatic N) is 3. The van der Waals surface area contributed by atoms with Crippen molar-refractivity contribution in [1.29, 1.82) is 0 Å². The molecule has 1 saturated carbocycles. The molecular formula is C18H19ClN4O. The van der Waals surface area contributed by atoms with E-state index in [0.29, 0.717) is 18.4 Å². The highest BCUT2D eigenvalue weighted by atomic mass is 35.5. The molecule has 0 atom stereocenters. The Balaban J connectivity index is 1.50. The zero-order chi connectivity index (χ0) is 16.7. The zero-order valence-corrected chi connectivity index (χ0v) is 14.3. The molecule has 2 heterocycles. The third kappa shape index (κ3) is 2.80. The second-order valence-corrected chi connectivity index (χ2v) is 6.76. The maximum absolute atomic E-state index is 12.4. The third-order valence-corrected chi connectivity index (χ3v) is 4.77. The van der Waals surface area contributed by atoms with Crippen molar-refractivity contribution in [1.82, 2.24) is 14.1 Å². The first kappa shape index (κ1) is 15.3. The van der Waals surface area contributed by atoms with Crippen LogP contribution < -0.4 is 10.9 Å². The highest BCUT2D eigenvalue weighted by Crippen LogP contribution is 2.33. The van der Waals surface area contributed by atoms with Crippen LogP contribution in [0.5, 0.6) is 0 Å². The highest BCUT2D eigenvalue weighted by molar-refractivity contribution is 6.31. The lowest BCUT2D eigenvalue weighted by Gasteiger charge is -2.07. The number of halogens is 1. The Morgan fingerprint density at radius 1 is 1.38 bits per heavy atom. The summed E-state index contributed by atoms with van der Waals surface area (Å²) < 4.78 is 3.87. The number of hydrogen-bond donors (Lipinski definition) is 1. The number of rotatable bonds is 5. The van der Waals surface area contributed by atoms with E-state index in [1.807, 2.05) is 25.2 Å². The Bertz CT molecular complexity index is 955. The molecule has 0 bridgehead atoms. The van der Waals surface area contributed by atoms with Crippen LogP contribution in [0.4, 0.5) is 5.82 Å². The summed E-state index contributed by atoms with van der Waals surface area (Å²) in [7, 11) is 2.02. The highest BCUT2D eigenvalue weighted by Gasteiger charge is 2.25. The van der Waals surface area contributed by atoms with Gasteiger partial charge in [0, 0.05) is 54.2 Å². The number of aryl methyl sites for hydroxylation is 1. The molecule has 1 N–H and O–H groups in total. The van der Waals surface area contributed by atoms with Crippen LogP contribution in [0.1, 0.15) is 24.4 Å². The van der Waals surface area contributed by atoms with E-state index in [1.165, 1.54) is 10.9 Å². The minimum atomic E-state index is -0.0234. The summed E-state index contributed by atoms with van der Waals surface area (Å²) in [5.41, 5.74) is 2.33. The fourth-order valence-corrected chi connectivity index (χ4v) is 3.31. The van der Waals surface area contributed by atoms with Gasteiger partial charge in [-0.2, -0.15) is 0 Å². The predicted octanol–water partition coefficient (Wildman–Crippen LogP) is 3.38. The SMILES string of the molecule is Cn1cc(CCNc2nccn(C3CC3)c2=O)c2ccc(Cl)cc21. The van der Waals surface area contributed by atoms with Gasteiger partial charge in [-0.3, -0.25) is 4.79 Å². The summed E-state index contributed by atoms with van der Waals surface area (Å²) in [6, 6.07) is 6.30. The van der Waals surface area contributed by atoms with Gasteiger partial charge in [-0.1, -0.05) is 17.7 Å². The average molecular weight is 343 g/mol. The van der Waals surface area contributed by atoms with Crippen LogP contribution in [0.15, 0.2) is 41.6 Å². The fraction of sp³-hybridized carbons (Fsp3) is 0.333. The Hall–Kier alpha value is -2.27. The maximum atomic E-state index is 12.4. The van der Waals surface area contributed by atoms with Crippen LogP contribution in [0.2, 0.25) is 5.02 Å². The van der Waals surface area contributed by atoms with Crippen molar-refractivity contribution in [2.75, 3.05) is 11.9 Å². The number of anilines is 1. The molecule has 124 valence electrons. The molecular weight excluding hydrogens is 324 g/mol. The van der Waals surface area contributed by atoms with Crippen molar-refractivity contribution < 1.29 is 0 Å². The van der Waals surface area contributed by atoms with Crippen LogP contribution in [0.3, 0.4) is 0 Å². The number of benzene rings is 1. The molecule has 1 aliphatic rings. The van der Waals surface area contributed by atoms with Crippen molar-refractivity contribution in [2.45, 2.75) is 25.3 Å². The van der Waals surface area contributed by atoms with Gasteiger partial charge >= 0.3 is 0 Å². The summed E-state index contributed by atoms with van der Waals surface area (Å²) >= 11 is 6.08. The number of aromatic nitrogens is 3. The summed E-state index contributed by atoms with van der Waals surface area (Å²) in [6.45, 7) is 0.665. The summed E-state index contributed by atoms with van der Waals surface area (Å²) in [6.07, 6.45) is 8.58.